The molecule has 30 heavy (non-hydrogen) atoms. The Balaban J connectivity index is 1.35. The molecule has 0 aliphatic carbocycles. The molecule has 3 aromatic carbocycles. The fraction of sp³-hybridized carbons (Fsp3) is 0.208. The molecule has 1 saturated heterocycles. The minimum atomic E-state index is -0.157. The molecule has 1 N–H and O–H groups in total. The van der Waals surface area contributed by atoms with Crippen LogP contribution in [0.15, 0.2) is 77.3 Å². The van der Waals surface area contributed by atoms with Crippen LogP contribution in [0.3, 0.4) is 0 Å². The average Bonchev–Trinajstić information content (AvgIpc) is 2.79. The summed E-state index contributed by atoms with van der Waals surface area (Å²) in [7, 11) is 0. The predicted molar refractivity (Wildman–Crippen MR) is 122 cm³/mol. The van der Waals surface area contributed by atoms with E-state index in [0.29, 0.717) is 12.2 Å². The zero-order valence-electron chi connectivity index (χ0n) is 16.5. The van der Waals surface area contributed by atoms with E-state index in [1.54, 1.807) is 12.1 Å². The quantitative estimate of drug-likeness (QED) is 0.547. The van der Waals surface area contributed by atoms with Crippen LogP contribution in [0.1, 0.15) is 15.9 Å². The smallest absolute Gasteiger partial charge is 0.255 e. The number of carbonyl (C=O) groups is 1. The summed E-state index contributed by atoms with van der Waals surface area (Å²) in [6.07, 6.45) is 0. The van der Waals surface area contributed by atoms with Gasteiger partial charge in [-0.3, -0.25) is 4.79 Å². The van der Waals surface area contributed by atoms with E-state index in [4.69, 9.17) is 9.47 Å². The summed E-state index contributed by atoms with van der Waals surface area (Å²) >= 11 is 3.62. The van der Waals surface area contributed by atoms with Gasteiger partial charge in [0.25, 0.3) is 5.91 Å². The molecule has 0 unspecified atom stereocenters. The molecule has 0 spiro atoms. The van der Waals surface area contributed by atoms with E-state index in [0.717, 1.165) is 53.5 Å². The van der Waals surface area contributed by atoms with Crippen molar-refractivity contribution in [3.05, 3.63) is 88.4 Å². The molecule has 1 amide bonds. The van der Waals surface area contributed by atoms with Gasteiger partial charge in [-0.05, 0) is 64.0 Å². The molecule has 0 aromatic heterocycles. The standard InChI is InChI=1S/C24H23BrN2O3/c25-22-16-20(8-11-23(22)27-12-14-29-15-13-27)26-24(28)19-6-9-21(10-7-19)30-17-18-4-2-1-3-5-18/h1-11,16H,12-15,17H2,(H,26,28). The van der Waals surface area contributed by atoms with Gasteiger partial charge in [-0.2, -0.15) is 0 Å². The largest absolute Gasteiger partial charge is 0.489 e. The molecule has 0 radical (unpaired) electrons. The van der Waals surface area contributed by atoms with Crippen LogP contribution in [0, 0.1) is 0 Å². The van der Waals surface area contributed by atoms with Gasteiger partial charge in [0.15, 0.2) is 0 Å². The fourth-order valence-electron chi connectivity index (χ4n) is 3.29. The van der Waals surface area contributed by atoms with Gasteiger partial charge in [0, 0.05) is 28.8 Å². The molecule has 4 rings (SSSR count). The number of amides is 1. The molecule has 1 fully saturated rings. The number of morpholine rings is 1. The Morgan fingerprint density at radius 1 is 1.00 bits per heavy atom. The highest BCUT2D eigenvalue weighted by Crippen LogP contribution is 2.30. The predicted octanol–water partition coefficient (Wildman–Crippen LogP) is 5.12. The second-order valence-corrected chi connectivity index (χ2v) is 7.87. The van der Waals surface area contributed by atoms with E-state index >= 15 is 0 Å². The molecule has 0 bridgehead atoms. The van der Waals surface area contributed by atoms with Gasteiger partial charge in [-0.1, -0.05) is 30.3 Å². The summed E-state index contributed by atoms with van der Waals surface area (Å²) in [4.78, 5) is 14.9. The Hall–Kier alpha value is -2.83. The second-order valence-electron chi connectivity index (χ2n) is 7.02. The van der Waals surface area contributed by atoms with Crippen LogP contribution in [0.2, 0.25) is 0 Å². The van der Waals surface area contributed by atoms with Gasteiger partial charge in [-0.15, -0.1) is 0 Å². The molecule has 1 aliphatic heterocycles. The monoisotopic (exact) mass is 466 g/mol. The van der Waals surface area contributed by atoms with Crippen molar-refractivity contribution in [2.24, 2.45) is 0 Å². The van der Waals surface area contributed by atoms with Crippen molar-refractivity contribution in [3.63, 3.8) is 0 Å². The van der Waals surface area contributed by atoms with Crippen molar-refractivity contribution in [3.8, 4) is 5.75 Å². The SMILES string of the molecule is O=C(Nc1ccc(N2CCOCC2)c(Br)c1)c1ccc(OCc2ccccc2)cc1. The third kappa shape index (κ3) is 5.20. The Morgan fingerprint density at radius 3 is 2.43 bits per heavy atom. The van der Waals surface area contributed by atoms with E-state index in [1.807, 2.05) is 60.7 Å². The first kappa shape index (κ1) is 20.4. The number of carbonyl (C=O) groups excluding carboxylic acids is 1. The summed E-state index contributed by atoms with van der Waals surface area (Å²) < 4.78 is 12.1. The van der Waals surface area contributed by atoms with Crippen molar-refractivity contribution >= 4 is 33.2 Å². The van der Waals surface area contributed by atoms with Crippen LogP contribution < -0.4 is 15.0 Å². The number of anilines is 2. The first-order valence-electron chi connectivity index (χ1n) is 9.89. The number of halogens is 1. The van der Waals surface area contributed by atoms with Gasteiger partial charge >= 0.3 is 0 Å². The summed E-state index contributed by atoms with van der Waals surface area (Å²) in [6, 6.07) is 23.0. The minimum Gasteiger partial charge on any atom is -0.489 e. The Labute approximate surface area is 184 Å². The van der Waals surface area contributed by atoms with E-state index in [1.165, 1.54) is 0 Å². The maximum absolute atomic E-state index is 12.6. The van der Waals surface area contributed by atoms with Crippen molar-refractivity contribution in [2.75, 3.05) is 36.5 Å². The number of nitrogens with zero attached hydrogens (tertiary/aromatic N) is 1. The molecule has 5 nitrogen and oxygen atoms in total. The highest BCUT2D eigenvalue weighted by Gasteiger charge is 2.15. The van der Waals surface area contributed by atoms with Crippen molar-refractivity contribution in [1.82, 2.24) is 0 Å². The van der Waals surface area contributed by atoms with Crippen LogP contribution in [0.5, 0.6) is 5.75 Å². The van der Waals surface area contributed by atoms with Crippen LogP contribution in [-0.2, 0) is 11.3 Å². The van der Waals surface area contributed by atoms with Gasteiger partial charge in [0.05, 0.1) is 18.9 Å². The highest BCUT2D eigenvalue weighted by atomic mass is 79.9. The lowest BCUT2D eigenvalue weighted by molar-refractivity contribution is 0.102. The molecule has 6 heteroatoms. The molecule has 1 aliphatic rings. The summed E-state index contributed by atoms with van der Waals surface area (Å²) in [6.45, 7) is 3.69. The summed E-state index contributed by atoms with van der Waals surface area (Å²) in [5, 5.41) is 2.95. The number of ether oxygens (including phenoxy) is 2. The fourth-order valence-corrected chi connectivity index (χ4v) is 3.92. The molecule has 0 saturated carbocycles. The van der Waals surface area contributed by atoms with Crippen LogP contribution in [0.25, 0.3) is 0 Å². The topological polar surface area (TPSA) is 50.8 Å². The number of nitrogens with one attached hydrogen (secondary N) is 1. The molecular formula is C24H23BrN2O3. The average molecular weight is 467 g/mol. The summed E-state index contributed by atoms with van der Waals surface area (Å²) in [5.41, 5.74) is 3.53. The van der Waals surface area contributed by atoms with Crippen LogP contribution >= 0.6 is 15.9 Å². The normalized spacial score (nSPS) is 13.7. The maximum Gasteiger partial charge on any atom is 0.255 e. The van der Waals surface area contributed by atoms with Gasteiger partial charge in [0.1, 0.15) is 12.4 Å². The number of rotatable bonds is 6. The van der Waals surface area contributed by atoms with E-state index in [2.05, 4.69) is 26.1 Å². The van der Waals surface area contributed by atoms with Gasteiger partial charge < -0.3 is 19.7 Å². The maximum atomic E-state index is 12.6. The molecule has 3 aromatic rings. The van der Waals surface area contributed by atoms with E-state index < -0.39 is 0 Å². The Morgan fingerprint density at radius 2 is 1.73 bits per heavy atom. The lowest BCUT2D eigenvalue weighted by atomic mass is 10.2. The van der Waals surface area contributed by atoms with E-state index in [9.17, 15) is 4.79 Å². The summed E-state index contributed by atoms with van der Waals surface area (Å²) in [5.74, 6) is 0.573. The van der Waals surface area contributed by atoms with Crippen molar-refractivity contribution in [2.45, 2.75) is 6.61 Å². The lowest BCUT2D eigenvalue weighted by Crippen LogP contribution is -2.36. The first-order chi connectivity index (χ1) is 14.7. The third-order valence-corrected chi connectivity index (χ3v) is 5.56. The van der Waals surface area contributed by atoms with Crippen LogP contribution in [-0.4, -0.2) is 32.2 Å². The number of benzene rings is 3. The zero-order chi connectivity index (χ0) is 20.8. The number of hydrogen-bond acceptors (Lipinski definition) is 4. The second kappa shape index (κ2) is 9.78. The van der Waals surface area contributed by atoms with Gasteiger partial charge in [-0.25, -0.2) is 0 Å². The minimum absolute atomic E-state index is 0.157. The van der Waals surface area contributed by atoms with E-state index in [-0.39, 0.29) is 5.91 Å². The lowest BCUT2D eigenvalue weighted by Gasteiger charge is -2.29. The molecular weight excluding hydrogens is 444 g/mol. The van der Waals surface area contributed by atoms with Crippen molar-refractivity contribution < 1.29 is 14.3 Å². The first-order valence-corrected chi connectivity index (χ1v) is 10.7. The molecule has 1 heterocycles. The van der Waals surface area contributed by atoms with Crippen LogP contribution in [0.4, 0.5) is 11.4 Å². The molecule has 0 atom stereocenters. The zero-order valence-corrected chi connectivity index (χ0v) is 18.1. The Kier molecular flexibility index (Phi) is 6.67. The Bertz CT molecular complexity index is 987. The number of hydrogen-bond donors (Lipinski definition) is 1. The molecule has 154 valence electrons. The van der Waals surface area contributed by atoms with Gasteiger partial charge in [0.2, 0.25) is 0 Å². The third-order valence-electron chi connectivity index (χ3n) is 4.92. The van der Waals surface area contributed by atoms with Crippen molar-refractivity contribution in [1.29, 1.82) is 0 Å². The highest BCUT2D eigenvalue weighted by molar-refractivity contribution is 9.10.